The molecule has 0 N–H and O–H groups in total. The summed E-state index contributed by atoms with van der Waals surface area (Å²) in [5.74, 6) is -0.506. The minimum absolute atomic E-state index is 0.0369. The summed E-state index contributed by atoms with van der Waals surface area (Å²) in [6.07, 6.45) is -4.60. The zero-order valence-corrected chi connectivity index (χ0v) is 13.5. The third kappa shape index (κ3) is 3.91. The van der Waals surface area contributed by atoms with E-state index in [4.69, 9.17) is 5.26 Å². The fourth-order valence-corrected chi connectivity index (χ4v) is 2.88. The van der Waals surface area contributed by atoms with Crippen LogP contribution in [0.4, 0.5) is 17.6 Å². The molecule has 1 saturated heterocycles. The molecule has 3 rings (SSSR count). The van der Waals surface area contributed by atoms with E-state index in [2.05, 4.69) is 5.10 Å². The first-order valence-corrected chi connectivity index (χ1v) is 7.82. The van der Waals surface area contributed by atoms with E-state index in [0.29, 0.717) is 31.3 Å². The predicted octanol–water partition coefficient (Wildman–Crippen LogP) is 2.40. The molecule has 2 aromatic rings. The first kappa shape index (κ1) is 18.1. The molecule has 0 aliphatic carbocycles. The van der Waals surface area contributed by atoms with Crippen LogP contribution >= 0.6 is 0 Å². The average Bonchev–Trinajstić information content (AvgIpc) is 2.54. The predicted molar refractivity (Wildman–Crippen MR) is 83.4 cm³/mol. The van der Waals surface area contributed by atoms with E-state index in [1.807, 2.05) is 11.0 Å². The lowest BCUT2D eigenvalue weighted by molar-refractivity contribution is -0.142. The summed E-state index contributed by atoms with van der Waals surface area (Å²) in [4.78, 5) is 13.6. The lowest BCUT2D eigenvalue weighted by Gasteiger charge is -2.39. The Labute approximate surface area is 146 Å². The lowest BCUT2D eigenvalue weighted by Crippen LogP contribution is -2.49. The van der Waals surface area contributed by atoms with Crippen molar-refractivity contribution in [2.24, 2.45) is 5.92 Å². The fourth-order valence-electron chi connectivity index (χ4n) is 2.88. The zero-order chi connectivity index (χ0) is 18.9. The topological polar surface area (TPSA) is 61.9 Å². The van der Waals surface area contributed by atoms with Crippen LogP contribution in [-0.4, -0.2) is 27.8 Å². The van der Waals surface area contributed by atoms with Crippen LogP contribution < -0.4 is 5.56 Å². The normalized spacial score (nSPS) is 15.5. The van der Waals surface area contributed by atoms with Crippen molar-refractivity contribution in [2.75, 3.05) is 13.1 Å². The molecule has 5 nitrogen and oxygen atoms in total. The quantitative estimate of drug-likeness (QED) is 0.780. The highest BCUT2D eigenvalue weighted by molar-refractivity contribution is 5.32. The molecule has 26 heavy (non-hydrogen) atoms. The van der Waals surface area contributed by atoms with Gasteiger partial charge in [-0.25, -0.2) is 9.07 Å². The first-order valence-electron chi connectivity index (χ1n) is 7.82. The van der Waals surface area contributed by atoms with Gasteiger partial charge in [0.2, 0.25) is 0 Å². The lowest BCUT2D eigenvalue weighted by atomic mass is 9.99. The van der Waals surface area contributed by atoms with E-state index >= 15 is 0 Å². The van der Waals surface area contributed by atoms with Gasteiger partial charge in [-0.15, -0.1) is 0 Å². The molecule has 0 spiro atoms. The van der Waals surface area contributed by atoms with Crippen molar-refractivity contribution >= 4 is 0 Å². The van der Waals surface area contributed by atoms with Gasteiger partial charge in [0, 0.05) is 37.2 Å². The highest BCUT2D eigenvalue weighted by atomic mass is 19.4. The van der Waals surface area contributed by atoms with Gasteiger partial charge in [0.1, 0.15) is 5.82 Å². The van der Waals surface area contributed by atoms with E-state index in [1.54, 1.807) is 6.07 Å². The summed E-state index contributed by atoms with van der Waals surface area (Å²) in [6, 6.07) is 7.62. The summed E-state index contributed by atoms with van der Waals surface area (Å²) < 4.78 is 52.8. The van der Waals surface area contributed by atoms with Crippen LogP contribution in [0.2, 0.25) is 0 Å². The number of hydrogen-bond donors (Lipinski definition) is 0. The molecule has 1 aromatic heterocycles. The minimum Gasteiger partial charge on any atom is -0.298 e. The van der Waals surface area contributed by atoms with E-state index in [0.717, 1.165) is 10.7 Å². The number of aromatic nitrogens is 2. The van der Waals surface area contributed by atoms with Crippen molar-refractivity contribution in [3.05, 3.63) is 63.3 Å². The summed E-state index contributed by atoms with van der Waals surface area (Å²) in [5, 5.41) is 12.1. The van der Waals surface area contributed by atoms with Crippen LogP contribution in [0.5, 0.6) is 0 Å². The number of hydrogen-bond acceptors (Lipinski definition) is 4. The molecule has 0 bridgehead atoms. The smallest absolute Gasteiger partial charge is 0.298 e. The summed E-state index contributed by atoms with van der Waals surface area (Å²) in [6.45, 7) is 1.45. The van der Waals surface area contributed by atoms with Gasteiger partial charge < -0.3 is 0 Å². The number of nitrogens with zero attached hydrogens (tertiary/aromatic N) is 4. The molecule has 0 amide bonds. The Kier molecular flexibility index (Phi) is 4.78. The van der Waals surface area contributed by atoms with Crippen molar-refractivity contribution in [1.82, 2.24) is 14.7 Å². The average molecular weight is 366 g/mol. The molecular formula is C17H14F4N4O. The van der Waals surface area contributed by atoms with Gasteiger partial charge in [0.05, 0.1) is 18.2 Å². The number of benzene rings is 1. The molecule has 0 saturated carbocycles. The Hall–Kier alpha value is -2.73. The maximum atomic E-state index is 13.9. The van der Waals surface area contributed by atoms with Crippen molar-refractivity contribution in [2.45, 2.75) is 19.3 Å². The molecule has 2 heterocycles. The molecule has 1 fully saturated rings. The highest BCUT2D eigenvalue weighted by Gasteiger charge is 2.34. The fraction of sp³-hybridized carbons (Fsp3) is 0.353. The Morgan fingerprint density at radius 1 is 1.23 bits per heavy atom. The number of halogens is 4. The Morgan fingerprint density at radius 2 is 1.96 bits per heavy atom. The molecule has 136 valence electrons. The second-order valence-electron chi connectivity index (χ2n) is 6.21. The molecule has 9 heteroatoms. The summed E-state index contributed by atoms with van der Waals surface area (Å²) in [5.41, 5.74) is -1.01. The standard InChI is InChI=1S/C17H14F4N4O/c18-14-5-11(6-22)1-2-13(14)10-24-7-12(8-24)9-25-16(26)4-3-15(23-25)17(19,20)21/h1-5,12H,7-10H2. The second-order valence-corrected chi connectivity index (χ2v) is 6.21. The third-order valence-electron chi connectivity index (χ3n) is 4.20. The van der Waals surface area contributed by atoms with Gasteiger partial charge in [-0.2, -0.15) is 23.5 Å². The van der Waals surface area contributed by atoms with E-state index < -0.39 is 23.2 Å². The van der Waals surface area contributed by atoms with Crippen LogP contribution in [0, 0.1) is 23.1 Å². The van der Waals surface area contributed by atoms with Gasteiger partial charge in [-0.3, -0.25) is 9.69 Å². The van der Waals surface area contributed by atoms with E-state index in [1.165, 1.54) is 12.1 Å². The largest absolute Gasteiger partial charge is 0.435 e. The maximum Gasteiger partial charge on any atom is 0.435 e. The van der Waals surface area contributed by atoms with Crippen molar-refractivity contribution in [3.63, 3.8) is 0 Å². The van der Waals surface area contributed by atoms with Crippen LogP contribution in [0.25, 0.3) is 0 Å². The van der Waals surface area contributed by atoms with Crippen molar-refractivity contribution < 1.29 is 17.6 Å². The number of nitriles is 1. The Morgan fingerprint density at radius 3 is 2.58 bits per heavy atom. The van der Waals surface area contributed by atoms with Gasteiger partial charge in [0.15, 0.2) is 5.69 Å². The maximum absolute atomic E-state index is 13.9. The van der Waals surface area contributed by atoms with Crippen LogP contribution in [0.15, 0.2) is 35.1 Å². The van der Waals surface area contributed by atoms with Crippen LogP contribution in [0.3, 0.4) is 0 Å². The van der Waals surface area contributed by atoms with E-state index in [9.17, 15) is 22.4 Å². The molecule has 0 radical (unpaired) electrons. The zero-order valence-electron chi connectivity index (χ0n) is 13.5. The number of likely N-dealkylation sites (tertiary alicyclic amines) is 1. The molecule has 0 unspecified atom stereocenters. The van der Waals surface area contributed by atoms with Gasteiger partial charge >= 0.3 is 6.18 Å². The van der Waals surface area contributed by atoms with Crippen LogP contribution in [-0.2, 0) is 19.3 Å². The summed E-state index contributed by atoms with van der Waals surface area (Å²) in [7, 11) is 0. The number of rotatable bonds is 4. The minimum atomic E-state index is -4.60. The Balaban J connectivity index is 1.60. The van der Waals surface area contributed by atoms with Crippen molar-refractivity contribution in [1.29, 1.82) is 5.26 Å². The third-order valence-corrected chi connectivity index (χ3v) is 4.20. The molecular weight excluding hydrogens is 352 g/mol. The van der Waals surface area contributed by atoms with Crippen molar-refractivity contribution in [3.8, 4) is 6.07 Å². The number of alkyl halides is 3. The van der Waals surface area contributed by atoms with E-state index in [-0.39, 0.29) is 18.0 Å². The Bertz CT molecular complexity index is 910. The molecule has 1 aliphatic rings. The first-order chi connectivity index (χ1) is 12.3. The van der Waals surface area contributed by atoms with Crippen LogP contribution in [0.1, 0.15) is 16.8 Å². The van der Waals surface area contributed by atoms with Gasteiger partial charge in [0.25, 0.3) is 5.56 Å². The van der Waals surface area contributed by atoms with Gasteiger partial charge in [-0.1, -0.05) is 6.07 Å². The monoisotopic (exact) mass is 366 g/mol. The second kappa shape index (κ2) is 6.88. The summed E-state index contributed by atoms with van der Waals surface area (Å²) >= 11 is 0. The SMILES string of the molecule is N#Cc1ccc(CN2CC(Cn3nc(C(F)(F)F)ccc3=O)C2)c(F)c1. The molecule has 1 aromatic carbocycles. The highest BCUT2D eigenvalue weighted by Crippen LogP contribution is 2.27. The molecule has 1 aliphatic heterocycles. The molecule has 0 atom stereocenters. The van der Waals surface area contributed by atoms with Gasteiger partial charge in [-0.05, 0) is 18.2 Å².